The monoisotopic (exact) mass is 559 g/mol. The van der Waals surface area contributed by atoms with E-state index in [0.29, 0.717) is 23.0 Å². The fourth-order valence-electron chi connectivity index (χ4n) is 4.02. The third-order valence-corrected chi connectivity index (χ3v) is 7.19. The average Bonchev–Trinajstić information content (AvgIpc) is 3.57. The average molecular weight is 560 g/mol. The summed E-state index contributed by atoms with van der Waals surface area (Å²) in [7, 11) is 0. The Labute approximate surface area is 233 Å². The van der Waals surface area contributed by atoms with Crippen LogP contribution < -0.4 is 26.0 Å². The number of benzene rings is 1. The predicted octanol–water partition coefficient (Wildman–Crippen LogP) is 4.08. The molecule has 1 aliphatic rings. The standard InChI is InChI=1S/C26H33N7O3S.ClH/c1-3-33(4-2)12-13-36-20-7-5-6-18(14-20)22-15-21(24(34)30-19-8-9-27-16-19)25(37-22)32-26(35)31-23-17-28-10-11-29-23;/h5-7,10-11,14-15,17,19,27H,3-4,8-9,12-13,16H2,1-2H3,(H,30,34)(H2,29,31,32,35);1H/t19-;/m0./s1. The molecule has 0 unspecified atom stereocenters. The van der Waals surface area contributed by atoms with Gasteiger partial charge in [0.05, 0.1) is 11.8 Å². The highest BCUT2D eigenvalue weighted by molar-refractivity contribution is 7.20. The van der Waals surface area contributed by atoms with Crippen LogP contribution in [0.2, 0.25) is 0 Å². The lowest BCUT2D eigenvalue weighted by Crippen LogP contribution is -2.36. The van der Waals surface area contributed by atoms with Crippen molar-refractivity contribution in [2.24, 2.45) is 0 Å². The Balaban J connectivity index is 0.00000400. The molecule has 0 saturated carbocycles. The van der Waals surface area contributed by atoms with Crippen LogP contribution in [0.25, 0.3) is 10.4 Å². The highest BCUT2D eigenvalue weighted by Crippen LogP contribution is 2.37. The summed E-state index contributed by atoms with van der Waals surface area (Å²) >= 11 is 1.33. The first-order valence-corrected chi connectivity index (χ1v) is 13.3. The van der Waals surface area contributed by atoms with Crippen molar-refractivity contribution >= 4 is 46.5 Å². The SMILES string of the molecule is CCN(CC)CCOc1cccc(-c2cc(C(=O)N[C@H]3CCNC3)c(NC(=O)Nc3cnccn3)s2)c1.Cl. The van der Waals surface area contributed by atoms with Crippen LogP contribution in [-0.2, 0) is 0 Å². The van der Waals surface area contributed by atoms with E-state index >= 15 is 0 Å². The minimum Gasteiger partial charge on any atom is -0.492 e. The molecule has 1 aromatic carbocycles. The Kier molecular flexibility index (Phi) is 11.3. The minimum absolute atomic E-state index is 0. The van der Waals surface area contributed by atoms with Crippen molar-refractivity contribution in [3.8, 4) is 16.2 Å². The Morgan fingerprint density at radius 2 is 2.03 bits per heavy atom. The first kappa shape index (κ1) is 29.3. The number of hydrogen-bond donors (Lipinski definition) is 4. The fourth-order valence-corrected chi connectivity index (χ4v) is 5.07. The minimum atomic E-state index is -0.501. The van der Waals surface area contributed by atoms with E-state index in [1.165, 1.54) is 29.9 Å². The number of ether oxygens (including phenoxy) is 1. The smallest absolute Gasteiger partial charge is 0.325 e. The quantitative estimate of drug-likeness (QED) is 0.279. The van der Waals surface area contributed by atoms with Gasteiger partial charge in [0.25, 0.3) is 5.91 Å². The van der Waals surface area contributed by atoms with Crippen molar-refractivity contribution in [1.29, 1.82) is 0 Å². The molecule has 1 saturated heterocycles. The molecule has 3 aromatic rings. The number of nitrogens with zero attached hydrogens (tertiary/aromatic N) is 3. The summed E-state index contributed by atoms with van der Waals surface area (Å²) < 4.78 is 5.99. The van der Waals surface area contributed by atoms with E-state index in [0.717, 1.165) is 55.3 Å². The number of rotatable bonds is 11. The summed E-state index contributed by atoms with van der Waals surface area (Å²) in [6.45, 7) is 9.28. The van der Waals surface area contributed by atoms with Gasteiger partial charge >= 0.3 is 6.03 Å². The Bertz CT molecular complexity index is 1180. The molecule has 0 spiro atoms. The van der Waals surface area contributed by atoms with E-state index in [2.05, 4.69) is 50.0 Å². The van der Waals surface area contributed by atoms with Gasteiger partial charge in [-0.3, -0.25) is 20.4 Å². The lowest BCUT2D eigenvalue weighted by atomic mass is 10.1. The van der Waals surface area contributed by atoms with Gasteiger partial charge in [0.1, 0.15) is 17.4 Å². The van der Waals surface area contributed by atoms with Crippen LogP contribution >= 0.6 is 23.7 Å². The van der Waals surface area contributed by atoms with Crippen molar-refractivity contribution in [2.45, 2.75) is 26.3 Å². The van der Waals surface area contributed by atoms with Crippen LogP contribution in [0.5, 0.6) is 5.75 Å². The highest BCUT2D eigenvalue weighted by atomic mass is 35.5. The molecule has 1 fully saturated rings. The van der Waals surface area contributed by atoms with E-state index < -0.39 is 6.03 Å². The number of hydrogen-bond acceptors (Lipinski definition) is 8. The van der Waals surface area contributed by atoms with Crippen molar-refractivity contribution < 1.29 is 14.3 Å². The van der Waals surface area contributed by atoms with Gasteiger partial charge in [0, 0.05) is 36.4 Å². The molecular formula is C26H34ClN7O3S. The molecule has 0 radical (unpaired) electrons. The van der Waals surface area contributed by atoms with Crippen molar-refractivity contribution in [2.75, 3.05) is 50.0 Å². The number of nitrogens with one attached hydrogen (secondary N) is 4. The molecular weight excluding hydrogens is 526 g/mol. The molecule has 0 bridgehead atoms. The molecule has 204 valence electrons. The van der Waals surface area contributed by atoms with E-state index in [-0.39, 0.29) is 24.4 Å². The lowest BCUT2D eigenvalue weighted by molar-refractivity contribution is 0.0941. The summed E-state index contributed by atoms with van der Waals surface area (Å²) in [6.07, 6.45) is 5.33. The number of carbonyl (C=O) groups excluding carboxylic acids is 2. The van der Waals surface area contributed by atoms with Gasteiger partial charge in [0.2, 0.25) is 0 Å². The summed E-state index contributed by atoms with van der Waals surface area (Å²) in [5, 5.41) is 12.2. The van der Waals surface area contributed by atoms with Gasteiger partial charge in [-0.15, -0.1) is 23.7 Å². The number of carbonyl (C=O) groups is 2. The second kappa shape index (κ2) is 14.6. The van der Waals surface area contributed by atoms with Crippen molar-refractivity contribution in [3.63, 3.8) is 0 Å². The zero-order valence-corrected chi connectivity index (χ0v) is 23.2. The summed E-state index contributed by atoms with van der Waals surface area (Å²) in [4.78, 5) is 37.0. The number of likely N-dealkylation sites (N-methyl/N-ethyl adjacent to an activating group) is 1. The summed E-state index contributed by atoms with van der Waals surface area (Å²) in [6, 6.07) is 9.15. The molecule has 10 nitrogen and oxygen atoms in total. The molecule has 2 aromatic heterocycles. The van der Waals surface area contributed by atoms with E-state index in [1.807, 2.05) is 30.3 Å². The lowest BCUT2D eigenvalue weighted by Gasteiger charge is -2.18. The van der Waals surface area contributed by atoms with Gasteiger partial charge in [-0.25, -0.2) is 9.78 Å². The molecule has 1 atom stereocenters. The van der Waals surface area contributed by atoms with Crippen LogP contribution in [0.15, 0.2) is 48.9 Å². The Morgan fingerprint density at radius 1 is 1.18 bits per heavy atom. The van der Waals surface area contributed by atoms with Crippen molar-refractivity contribution in [3.05, 3.63) is 54.5 Å². The first-order chi connectivity index (χ1) is 18.1. The molecule has 12 heteroatoms. The number of amides is 3. The second-order valence-electron chi connectivity index (χ2n) is 8.59. The maximum Gasteiger partial charge on any atom is 0.325 e. The molecule has 3 heterocycles. The third-order valence-electron chi connectivity index (χ3n) is 6.09. The zero-order valence-electron chi connectivity index (χ0n) is 21.5. The van der Waals surface area contributed by atoms with E-state index in [9.17, 15) is 9.59 Å². The molecule has 3 amide bonds. The van der Waals surface area contributed by atoms with Gasteiger partial charge < -0.3 is 20.3 Å². The predicted molar refractivity (Wildman–Crippen MR) is 154 cm³/mol. The Hall–Kier alpha value is -3.25. The second-order valence-corrected chi connectivity index (χ2v) is 9.64. The number of halogens is 1. The first-order valence-electron chi connectivity index (χ1n) is 12.5. The molecule has 1 aliphatic heterocycles. The van der Waals surface area contributed by atoms with Gasteiger partial charge in [-0.1, -0.05) is 26.0 Å². The van der Waals surface area contributed by atoms with Crippen LogP contribution in [0.3, 0.4) is 0 Å². The molecule has 4 N–H and O–H groups in total. The maximum absolute atomic E-state index is 13.2. The third kappa shape index (κ3) is 8.12. The molecule has 0 aliphatic carbocycles. The largest absolute Gasteiger partial charge is 0.492 e. The fraction of sp³-hybridized carbons (Fsp3) is 0.385. The maximum atomic E-state index is 13.2. The Morgan fingerprint density at radius 3 is 2.74 bits per heavy atom. The van der Waals surface area contributed by atoms with Crippen LogP contribution in [-0.4, -0.2) is 72.2 Å². The zero-order chi connectivity index (χ0) is 26.0. The number of aromatic nitrogens is 2. The summed E-state index contributed by atoms with van der Waals surface area (Å²) in [5.74, 6) is 0.850. The normalized spacial score (nSPS) is 14.6. The molecule has 38 heavy (non-hydrogen) atoms. The van der Waals surface area contributed by atoms with Gasteiger partial charge in [-0.05, 0) is 49.8 Å². The van der Waals surface area contributed by atoms with Crippen LogP contribution in [0.4, 0.5) is 15.6 Å². The molecule has 4 rings (SSSR count). The van der Waals surface area contributed by atoms with Crippen LogP contribution in [0, 0.1) is 0 Å². The topological polar surface area (TPSA) is 121 Å². The summed E-state index contributed by atoms with van der Waals surface area (Å²) in [5.41, 5.74) is 1.32. The van der Waals surface area contributed by atoms with Crippen molar-refractivity contribution in [1.82, 2.24) is 25.5 Å². The highest BCUT2D eigenvalue weighted by Gasteiger charge is 2.23. The number of urea groups is 1. The number of thiophene rings is 1. The van der Waals surface area contributed by atoms with Crippen LogP contribution in [0.1, 0.15) is 30.6 Å². The van der Waals surface area contributed by atoms with Gasteiger partial charge in [0.15, 0.2) is 5.82 Å². The van der Waals surface area contributed by atoms with E-state index in [1.54, 1.807) is 0 Å². The van der Waals surface area contributed by atoms with Gasteiger partial charge in [-0.2, -0.15) is 0 Å². The van der Waals surface area contributed by atoms with E-state index in [4.69, 9.17) is 4.74 Å². The number of anilines is 2.